The Balaban J connectivity index is -0.000000870. The van der Waals surface area contributed by atoms with Crippen molar-refractivity contribution in [1.82, 2.24) is 0 Å². The summed E-state index contributed by atoms with van der Waals surface area (Å²) in [5.41, 5.74) is 0. The zero-order chi connectivity index (χ0) is 21.2. The minimum Gasteiger partial charge on any atom is -0.390 e. The van der Waals surface area contributed by atoms with Gasteiger partial charge < -0.3 is 29.4 Å². The first-order valence-corrected chi connectivity index (χ1v) is 12.3. The average Bonchev–Trinajstić information content (AvgIpc) is 2.74. The molecule has 5 atom stereocenters. The molecule has 0 bridgehead atoms. The van der Waals surface area contributed by atoms with Crippen molar-refractivity contribution in [3.63, 3.8) is 0 Å². The molecule has 0 aromatic heterocycles. The quantitative estimate of drug-likeness (QED) is 0.348. The lowest BCUT2D eigenvalue weighted by Crippen LogP contribution is -2.26. The molecule has 1 heterocycles. The van der Waals surface area contributed by atoms with Crippen LogP contribution in [0.1, 0.15) is 54.9 Å². The van der Waals surface area contributed by atoms with Gasteiger partial charge in [-0.25, -0.2) is 13.7 Å². The van der Waals surface area contributed by atoms with E-state index in [0.717, 1.165) is 0 Å². The molecule has 1 saturated heterocycles. The van der Waals surface area contributed by atoms with E-state index in [-0.39, 0.29) is 20.0 Å². The maximum atomic E-state index is 11.4. The Morgan fingerprint density at radius 1 is 1.00 bits per heavy atom. The molecule has 1 aliphatic heterocycles. The van der Waals surface area contributed by atoms with Crippen molar-refractivity contribution < 1.29 is 56.3 Å². The van der Waals surface area contributed by atoms with Crippen LogP contribution in [0.15, 0.2) is 0 Å². The largest absolute Gasteiger partial charge is 0.490 e. The Kier molecular flexibility index (Phi) is 17.0. The summed E-state index contributed by atoms with van der Waals surface area (Å²) in [6, 6.07) is 0. The number of phosphoric acid groups is 3. The van der Waals surface area contributed by atoms with Crippen molar-refractivity contribution in [3.8, 4) is 0 Å². The fourth-order valence-corrected chi connectivity index (χ4v) is 4.59. The molecular weight excluding hydrogens is 429 g/mol. The Morgan fingerprint density at radius 3 is 1.78 bits per heavy atom. The minimum absolute atomic E-state index is 0. The highest BCUT2D eigenvalue weighted by Gasteiger charge is 2.42. The van der Waals surface area contributed by atoms with Crippen molar-refractivity contribution in [2.24, 2.45) is 0 Å². The molecule has 15 heteroatoms. The van der Waals surface area contributed by atoms with Gasteiger partial charge in [-0.1, -0.05) is 41.5 Å². The van der Waals surface area contributed by atoms with Gasteiger partial charge in [0.05, 0.1) is 18.8 Å². The van der Waals surface area contributed by atoms with Crippen molar-refractivity contribution in [2.45, 2.75) is 73.2 Å². The number of aliphatic hydroxyl groups is 1. The molecule has 0 aromatic rings. The molecule has 1 fully saturated rings. The van der Waals surface area contributed by atoms with Crippen LogP contribution in [0.2, 0.25) is 0 Å². The van der Waals surface area contributed by atoms with E-state index < -0.39 is 42.3 Å². The molecule has 0 amide bonds. The Morgan fingerprint density at radius 2 is 1.44 bits per heavy atom. The van der Waals surface area contributed by atoms with E-state index in [9.17, 15) is 18.8 Å². The highest BCUT2D eigenvalue weighted by molar-refractivity contribution is 7.66. The van der Waals surface area contributed by atoms with Crippen LogP contribution >= 0.6 is 23.5 Å². The summed E-state index contributed by atoms with van der Waals surface area (Å²) in [6.45, 7) is 9.25. The maximum Gasteiger partial charge on any atom is 0.490 e. The second kappa shape index (κ2) is 14.3. The highest BCUT2D eigenvalue weighted by atomic mass is 31.3. The summed E-state index contributed by atoms with van der Waals surface area (Å²) in [7, 11) is -16.1. The lowest BCUT2D eigenvalue weighted by atomic mass is 10.1. The monoisotopic (exact) mass is 462 g/mol. The number of hydrogen-bond donors (Lipinski definition) is 5. The smallest absolute Gasteiger partial charge is 0.390 e. The maximum absolute atomic E-state index is 11.4. The third-order valence-corrected chi connectivity index (χ3v) is 6.03. The van der Waals surface area contributed by atoms with Crippen molar-refractivity contribution in [3.05, 3.63) is 0 Å². The molecule has 5 N–H and O–H groups in total. The van der Waals surface area contributed by atoms with E-state index in [2.05, 4.69) is 27.0 Å². The highest BCUT2D eigenvalue weighted by Crippen LogP contribution is 2.66. The molecule has 0 radical (unpaired) electrons. The summed E-state index contributed by atoms with van der Waals surface area (Å²) >= 11 is 0. The Bertz CT molecular complexity index is 522. The van der Waals surface area contributed by atoms with E-state index >= 15 is 0 Å². The molecule has 0 spiro atoms. The lowest BCUT2D eigenvalue weighted by Gasteiger charge is -2.19. The molecule has 1 aliphatic rings. The SMILES string of the molecule is C.CC.CCC.C[C@H]1CC(O)[C@@H](COP(=O)(O)OP(=O)(O)OP(=O)(O)O)O1. The normalized spacial score (nSPS) is 26.2. The van der Waals surface area contributed by atoms with E-state index in [0.29, 0.717) is 0 Å². The van der Waals surface area contributed by atoms with Crippen LogP contribution in [-0.4, -0.2) is 49.6 Å². The van der Waals surface area contributed by atoms with E-state index in [4.69, 9.17) is 24.3 Å². The molecule has 0 aliphatic carbocycles. The third-order valence-electron chi connectivity index (χ3n) is 2.23. The number of rotatable bonds is 7. The topological polar surface area (TPSA) is 189 Å². The minimum atomic E-state index is -5.53. The Labute approximate surface area is 160 Å². The lowest BCUT2D eigenvalue weighted by molar-refractivity contribution is -0.0167. The van der Waals surface area contributed by atoms with Crippen LogP contribution in [0.3, 0.4) is 0 Å². The second-order valence-electron chi connectivity index (χ2n) is 4.88. The van der Waals surface area contributed by atoms with Gasteiger partial charge in [0, 0.05) is 6.42 Å². The fourth-order valence-electron chi connectivity index (χ4n) is 1.56. The number of ether oxygens (including phenoxy) is 1. The van der Waals surface area contributed by atoms with Gasteiger partial charge >= 0.3 is 23.5 Å². The van der Waals surface area contributed by atoms with Crippen LogP contribution in [0, 0.1) is 0 Å². The molecule has 3 unspecified atom stereocenters. The second-order valence-corrected chi connectivity index (χ2v) is 9.30. The molecular formula is C12H33O12P3. The van der Waals surface area contributed by atoms with Gasteiger partial charge in [-0.15, -0.1) is 0 Å². The van der Waals surface area contributed by atoms with Gasteiger partial charge in [-0.2, -0.15) is 8.62 Å². The van der Waals surface area contributed by atoms with Crippen molar-refractivity contribution in [1.29, 1.82) is 0 Å². The summed E-state index contributed by atoms with van der Waals surface area (Å²) in [5.74, 6) is 0. The molecule has 0 aromatic carbocycles. The van der Waals surface area contributed by atoms with Gasteiger partial charge in [0.1, 0.15) is 6.10 Å². The van der Waals surface area contributed by atoms with Crippen LogP contribution in [0.25, 0.3) is 0 Å². The van der Waals surface area contributed by atoms with Gasteiger partial charge in [0.15, 0.2) is 0 Å². The van der Waals surface area contributed by atoms with Gasteiger partial charge in [-0.05, 0) is 6.92 Å². The zero-order valence-corrected chi connectivity index (χ0v) is 18.0. The zero-order valence-electron chi connectivity index (χ0n) is 15.3. The third kappa shape index (κ3) is 16.9. The van der Waals surface area contributed by atoms with Crippen LogP contribution in [-0.2, 0) is 31.6 Å². The molecule has 1 rings (SSSR count). The first kappa shape index (κ1) is 32.0. The predicted octanol–water partition coefficient (Wildman–Crippen LogP) is 2.95. The summed E-state index contributed by atoms with van der Waals surface area (Å²) in [6.07, 6.45) is -0.712. The predicted molar refractivity (Wildman–Crippen MR) is 98.8 cm³/mol. The molecule has 12 nitrogen and oxygen atoms in total. The van der Waals surface area contributed by atoms with Crippen LogP contribution < -0.4 is 0 Å². The molecule has 0 saturated carbocycles. The van der Waals surface area contributed by atoms with Crippen LogP contribution in [0.4, 0.5) is 0 Å². The summed E-state index contributed by atoms with van der Waals surface area (Å²) in [5, 5.41) is 9.49. The fraction of sp³-hybridized carbons (Fsp3) is 1.00. The van der Waals surface area contributed by atoms with E-state index in [1.807, 2.05) is 13.8 Å². The standard InChI is InChI=1S/C6H15O12P3.C3H8.C2H6.CH4/c1-4-2-5(7)6(16-4)3-15-20(11,12)18-21(13,14)17-19(8,9)10;1-3-2;1-2;/h4-7H,2-3H2,1H3,(H,11,12)(H,13,14)(H2,8,9,10);3H2,1-2H3;1-2H3;1H4/t4-,5?,6+;;;/m0.../s1. The first-order valence-electron chi connectivity index (χ1n) is 7.83. The van der Waals surface area contributed by atoms with Gasteiger partial charge in [-0.3, -0.25) is 4.52 Å². The summed E-state index contributed by atoms with van der Waals surface area (Å²) < 4.78 is 49.3. The van der Waals surface area contributed by atoms with E-state index in [1.165, 1.54) is 6.42 Å². The van der Waals surface area contributed by atoms with Gasteiger partial charge in [0.25, 0.3) is 0 Å². The summed E-state index contributed by atoms with van der Waals surface area (Å²) in [4.78, 5) is 34.7. The van der Waals surface area contributed by atoms with E-state index in [1.54, 1.807) is 6.92 Å². The molecule has 168 valence electrons. The number of aliphatic hydroxyl groups excluding tert-OH is 1. The van der Waals surface area contributed by atoms with Crippen molar-refractivity contribution >= 4 is 23.5 Å². The Hall–Kier alpha value is 0.330. The first-order chi connectivity index (χ1) is 11.7. The number of hydrogen-bond acceptors (Lipinski definition) is 8. The van der Waals surface area contributed by atoms with Crippen LogP contribution in [0.5, 0.6) is 0 Å². The number of phosphoric ester groups is 1. The van der Waals surface area contributed by atoms with Crippen molar-refractivity contribution in [2.75, 3.05) is 6.61 Å². The molecule has 27 heavy (non-hydrogen) atoms. The van der Waals surface area contributed by atoms with Gasteiger partial charge in [0.2, 0.25) is 0 Å². The average molecular weight is 462 g/mol.